The number of carbonyl (C=O) groups excluding carboxylic acids is 1. The van der Waals surface area contributed by atoms with Gasteiger partial charge in [-0.05, 0) is 36.2 Å². The summed E-state index contributed by atoms with van der Waals surface area (Å²) in [5.74, 6) is 0. The number of para-hydroxylation sites is 1. The third-order valence-electron chi connectivity index (χ3n) is 4.59. The largest absolute Gasteiger partial charge is 0.364 e. The summed E-state index contributed by atoms with van der Waals surface area (Å²) in [5.41, 5.74) is 3.47. The van der Waals surface area contributed by atoms with Crippen molar-refractivity contribution in [2.24, 2.45) is 0 Å². The summed E-state index contributed by atoms with van der Waals surface area (Å²) in [7, 11) is 0. The highest BCUT2D eigenvalue weighted by Crippen LogP contribution is 2.32. The van der Waals surface area contributed by atoms with Crippen molar-refractivity contribution >= 4 is 29.0 Å². The fraction of sp³-hybridized carbons (Fsp3) is 0.278. The minimum atomic E-state index is -0.0593. The average molecular weight is 328 g/mol. The molecule has 2 aromatic carbocycles. The lowest BCUT2D eigenvalue weighted by atomic mass is 10.1. The maximum Gasteiger partial charge on any atom is 0.321 e. The van der Waals surface area contributed by atoms with Crippen LogP contribution >= 0.6 is 11.6 Å². The van der Waals surface area contributed by atoms with Gasteiger partial charge < -0.3 is 15.1 Å². The number of hydrogen-bond donors (Lipinski definition) is 1. The number of nitrogens with one attached hydrogen (secondary N) is 1. The van der Waals surface area contributed by atoms with Gasteiger partial charge in [-0.1, -0.05) is 35.9 Å². The van der Waals surface area contributed by atoms with E-state index < -0.39 is 0 Å². The molecule has 0 unspecified atom stereocenters. The monoisotopic (exact) mass is 327 g/mol. The van der Waals surface area contributed by atoms with Crippen LogP contribution in [-0.4, -0.2) is 36.6 Å². The van der Waals surface area contributed by atoms with Crippen LogP contribution < -0.4 is 10.2 Å². The number of hydrogen-bond acceptors (Lipinski definition) is 2. The van der Waals surface area contributed by atoms with Gasteiger partial charge in [0.2, 0.25) is 0 Å². The van der Waals surface area contributed by atoms with Crippen LogP contribution in [-0.2, 0) is 6.42 Å². The predicted octanol–water partition coefficient (Wildman–Crippen LogP) is 3.62. The van der Waals surface area contributed by atoms with Gasteiger partial charge in [-0.3, -0.25) is 0 Å². The van der Waals surface area contributed by atoms with Crippen molar-refractivity contribution in [3.8, 4) is 0 Å². The van der Waals surface area contributed by atoms with Crippen LogP contribution in [0.4, 0.5) is 16.2 Å². The minimum Gasteiger partial charge on any atom is -0.364 e. The Kier molecular flexibility index (Phi) is 3.62. The second kappa shape index (κ2) is 5.78. The van der Waals surface area contributed by atoms with Gasteiger partial charge in [0.25, 0.3) is 0 Å². The molecule has 1 N–H and O–H groups in total. The molecule has 4 nitrogen and oxygen atoms in total. The van der Waals surface area contributed by atoms with E-state index in [2.05, 4.69) is 34.5 Å². The summed E-state index contributed by atoms with van der Waals surface area (Å²) >= 11 is 5.94. The highest BCUT2D eigenvalue weighted by molar-refractivity contribution is 6.30. The van der Waals surface area contributed by atoms with E-state index in [-0.39, 0.29) is 6.03 Å². The summed E-state index contributed by atoms with van der Waals surface area (Å²) in [5, 5.41) is 3.52. The Bertz CT molecular complexity index is 743. The molecule has 4 rings (SSSR count). The highest BCUT2D eigenvalue weighted by Gasteiger charge is 2.37. The van der Waals surface area contributed by atoms with Crippen molar-refractivity contribution in [1.29, 1.82) is 0 Å². The van der Waals surface area contributed by atoms with Crippen LogP contribution in [0.15, 0.2) is 48.5 Å². The molecule has 2 heterocycles. The Morgan fingerprint density at radius 1 is 1.13 bits per heavy atom. The smallest absolute Gasteiger partial charge is 0.321 e. The van der Waals surface area contributed by atoms with Gasteiger partial charge >= 0.3 is 6.03 Å². The molecule has 23 heavy (non-hydrogen) atoms. The van der Waals surface area contributed by atoms with Gasteiger partial charge in [-0.2, -0.15) is 0 Å². The molecule has 0 atom stereocenters. The van der Waals surface area contributed by atoms with E-state index in [1.54, 1.807) is 12.1 Å². The van der Waals surface area contributed by atoms with Gasteiger partial charge in [-0.25, -0.2) is 4.79 Å². The molecule has 0 spiro atoms. The van der Waals surface area contributed by atoms with Crippen molar-refractivity contribution in [3.63, 3.8) is 0 Å². The number of halogens is 1. The zero-order valence-corrected chi connectivity index (χ0v) is 13.5. The Hall–Kier alpha value is -2.20. The van der Waals surface area contributed by atoms with E-state index in [1.807, 2.05) is 17.0 Å². The zero-order chi connectivity index (χ0) is 15.8. The number of carbonyl (C=O) groups is 1. The number of rotatable bonds is 2. The number of amides is 2. The zero-order valence-electron chi connectivity index (χ0n) is 12.7. The van der Waals surface area contributed by atoms with Crippen LogP contribution in [0, 0.1) is 0 Å². The van der Waals surface area contributed by atoms with E-state index in [4.69, 9.17) is 11.6 Å². The lowest BCUT2D eigenvalue weighted by Gasteiger charge is -2.45. The molecule has 118 valence electrons. The molecule has 0 bridgehead atoms. The first-order valence-electron chi connectivity index (χ1n) is 7.87. The number of benzene rings is 2. The second-order valence-corrected chi connectivity index (χ2v) is 6.51. The van der Waals surface area contributed by atoms with E-state index >= 15 is 0 Å². The van der Waals surface area contributed by atoms with Gasteiger partial charge in [0, 0.05) is 36.0 Å². The van der Waals surface area contributed by atoms with E-state index in [0.717, 1.165) is 31.7 Å². The van der Waals surface area contributed by atoms with Crippen molar-refractivity contribution in [2.45, 2.75) is 12.5 Å². The minimum absolute atomic E-state index is 0.0593. The maximum absolute atomic E-state index is 12.3. The third kappa shape index (κ3) is 2.75. The van der Waals surface area contributed by atoms with E-state index in [1.165, 1.54) is 11.3 Å². The summed E-state index contributed by atoms with van der Waals surface area (Å²) in [6.45, 7) is 2.58. The Morgan fingerprint density at radius 3 is 2.78 bits per heavy atom. The highest BCUT2D eigenvalue weighted by atomic mass is 35.5. The molecule has 1 saturated heterocycles. The standard InChI is InChI=1S/C18H18ClN3O/c19-14-5-3-6-15(10-14)20-18(23)21-11-16(12-21)22-9-8-13-4-1-2-7-17(13)22/h1-7,10,16H,8-9,11-12H2,(H,20,23). The molecule has 1 fully saturated rings. The molecule has 2 aliphatic rings. The predicted molar refractivity (Wildman–Crippen MR) is 93.3 cm³/mol. The number of nitrogens with zero attached hydrogens (tertiary/aromatic N) is 2. The SMILES string of the molecule is O=C(Nc1cccc(Cl)c1)N1CC(N2CCc3ccccc32)C1. The molecular formula is C18H18ClN3O. The van der Waals surface area contributed by atoms with Crippen molar-refractivity contribution in [1.82, 2.24) is 4.90 Å². The van der Waals surface area contributed by atoms with Gasteiger partial charge in [-0.15, -0.1) is 0 Å². The van der Waals surface area contributed by atoms with Crippen LogP contribution in [0.3, 0.4) is 0 Å². The summed E-state index contributed by atoms with van der Waals surface area (Å²) in [4.78, 5) is 16.5. The molecule has 0 aliphatic carbocycles. The molecule has 2 aliphatic heterocycles. The quantitative estimate of drug-likeness (QED) is 0.914. The van der Waals surface area contributed by atoms with Crippen LogP contribution in [0.5, 0.6) is 0 Å². The van der Waals surface area contributed by atoms with E-state index in [0.29, 0.717) is 11.1 Å². The molecule has 0 radical (unpaired) electrons. The molecule has 2 amide bonds. The molecule has 5 heteroatoms. The number of fused-ring (bicyclic) bond motifs is 1. The first kappa shape index (κ1) is 14.4. The molecular weight excluding hydrogens is 310 g/mol. The topological polar surface area (TPSA) is 35.6 Å². The first-order chi connectivity index (χ1) is 11.2. The average Bonchev–Trinajstić information content (AvgIpc) is 2.90. The van der Waals surface area contributed by atoms with Crippen molar-refractivity contribution < 1.29 is 4.79 Å². The summed E-state index contributed by atoms with van der Waals surface area (Å²) in [6.07, 6.45) is 1.10. The van der Waals surface area contributed by atoms with Gasteiger partial charge in [0.1, 0.15) is 0 Å². The van der Waals surface area contributed by atoms with Gasteiger partial charge in [0.05, 0.1) is 6.04 Å². The fourth-order valence-corrected chi connectivity index (χ4v) is 3.52. The lowest BCUT2D eigenvalue weighted by molar-refractivity contribution is 0.162. The van der Waals surface area contributed by atoms with E-state index in [9.17, 15) is 4.79 Å². The second-order valence-electron chi connectivity index (χ2n) is 6.07. The molecule has 0 saturated carbocycles. The first-order valence-corrected chi connectivity index (χ1v) is 8.24. The lowest BCUT2D eigenvalue weighted by Crippen LogP contribution is -2.61. The van der Waals surface area contributed by atoms with Crippen molar-refractivity contribution in [3.05, 3.63) is 59.1 Å². The van der Waals surface area contributed by atoms with Gasteiger partial charge in [0.15, 0.2) is 0 Å². The summed E-state index contributed by atoms with van der Waals surface area (Å²) < 4.78 is 0. The Morgan fingerprint density at radius 2 is 1.96 bits per heavy atom. The normalized spacial score (nSPS) is 16.9. The van der Waals surface area contributed by atoms with Crippen LogP contribution in [0.1, 0.15) is 5.56 Å². The maximum atomic E-state index is 12.3. The van der Waals surface area contributed by atoms with Crippen LogP contribution in [0.25, 0.3) is 0 Å². The fourth-order valence-electron chi connectivity index (χ4n) is 3.33. The van der Waals surface area contributed by atoms with Crippen molar-refractivity contribution in [2.75, 3.05) is 29.9 Å². The third-order valence-corrected chi connectivity index (χ3v) is 4.82. The number of likely N-dealkylation sites (tertiary alicyclic amines) is 1. The Labute approximate surface area is 140 Å². The number of anilines is 2. The Balaban J connectivity index is 1.36. The van der Waals surface area contributed by atoms with Crippen LogP contribution in [0.2, 0.25) is 5.02 Å². The molecule has 2 aromatic rings. The summed E-state index contributed by atoms with van der Waals surface area (Å²) in [6, 6.07) is 16.1. The molecule has 0 aromatic heterocycles. The number of urea groups is 1.